The molecule has 1 fully saturated rings. The Bertz CT molecular complexity index is 534. The second-order valence-corrected chi connectivity index (χ2v) is 5.20. The van der Waals surface area contributed by atoms with Crippen molar-refractivity contribution in [1.82, 2.24) is 4.90 Å². The van der Waals surface area contributed by atoms with Gasteiger partial charge in [0, 0.05) is 25.7 Å². The highest BCUT2D eigenvalue weighted by Crippen LogP contribution is 2.21. The topological polar surface area (TPSA) is 58.6 Å². The Morgan fingerprint density at radius 3 is 2.59 bits per heavy atom. The van der Waals surface area contributed by atoms with Gasteiger partial charge in [-0.25, -0.2) is 0 Å². The highest BCUT2D eigenvalue weighted by molar-refractivity contribution is 5.93. The zero-order valence-corrected chi connectivity index (χ0v) is 12.2. The van der Waals surface area contributed by atoms with Crippen molar-refractivity contribution in [3.63, 3.8) is 0 Å². The molecule has 0 bridgehead atoms. The van der Waals surface area contributed by atoms with Crippen molar-refractivity contribution in [3.05, 3.63) is 24.3 Å². The largest absolute Gasteiger partial charge is 0.435 e. The zero-order valence-electron chi connectivity index (χ0n) is 12.2. The van der Waals surface area contributed by atoms with Gasteiger partial charge in [0.1, 0.15) is 5.75 Å². The fraction of sp³-hybridized carbons (Fsp3) is 0.467. The van der Waals surface area contributed by atoms with Gasteiger partial charge in [0.05, 0.1) is 5.92 Å². The SMILES string of the molecule is CC(=O)N1CCC[C@H](C(=O)Nc2ccc(OC(F)F)cc2)C1. The predicted molar refractivity (Wildman–Crippen MR) is 76.7 cm³/mol. The lowest BCUT2D eigenvalue weighted by atomic mass is 9.97. The van der Waals surface area contributed by atoms with E-state index in [0.717, 1.165) is 12.8 Å². The standard InChI is InChI=1S/C15H18F2N2O3/c1-10(20)19-8-2-3-11(9-19)14(21)18-12-4-6-13(7-5-12)22-15(16)17/h4-7,11,15H,2-3,8-9H2,1H3,(H,18,21)/t11-/m0/s1. The molecular formula is C15H18F2N2O3. The molecule has 0 aromatic heterocycles. The molecule has 0 unspecified atom stereocenters. The van der Waals surface area contributed by atoms with Gasteiger partial charge in [0.2, 0.25) is 11.8 Å². The van der Waals surface area contributed by atoms with Crippen molar-refractivity contribution in [2.75, 3.05) is 18.4 Å². The first-order valence-corrected chi connectivity index (χ1v) is 7.07. The van der Waals surface area contributed by atoms with Gasteiger partial charge in [-0.3, -0.25) is 9.59 Å². The molecule has 5 nitrogen and oxygen atoms in total. The molecule has 2 rings (SSSR count). The van der Waals surface area contributed by atoms with Crippen LogP contribution >= 0.6 is 0 Å². The Balaban J connectivity index is 1.92. The number of benzene rings is 1. The minimum atomic E-state index is -2.87. The number of anilines is 1. The molecule has 1 heterocycles. The van der Waals surface area contributed by atoms with Gasteiger partial charge >= 0.3 is 6.61 Å². The maximum atomic E-state index is 12.2. The van der Waals surface area contributed by atoms with Crippen LogP contribution in [0, 0.1) is 5.92 Å². The van der Waals surface area contributed by atoms with Crippen LogP contribution in [0.2, 0.25) is 0 Å². The molecule has 0 aliphatic carbocycles. The van der Waals surface area contributed by atoms with Crippen molar-refractivity contribution in [1.29, 1.82) is 0 Å². The highest BCUT2D eigenvalue weighted by Gasteiger charge is 2.26. The molecule has 0 radical (unpaired) electrons. The molecule has 1 saturated heterocycles. The number of likely N-dealkylation sites (tertiary alicyclic amines) is 1. The lowest BCUT2D eigenvalue weighted by molar-refractivity contribution is -0.132. The summed E-state index contributed by atoms with van der Waals surface area (Å²) in [5.41, 5.74) is 0.506. The summed E-state index contributed by atoms with van der Waals surface area (Å²) < 4.78 is 28.3. The fourth-order valence-corrected chi connectivity index (χ4v) is 2.44. The molecule has 2 amide bonds. The number of hydrogen-bond acceptors (Lipinski definition) is 3. The van der Waals surface area contributed by atoms with Crippen LogP contribution in [0.25, 0.3) is 0 Å². The van der Waals surface area contributed by atoms with E-state index in [9.17, 15) is 18.4 Å². The smallest absolute Gasteiger partial charge is 0.387 e. The molecule has 0 saturated carbocycles. The average Bonchev–Trinajstić information content (AvgIpc) is 2.49. The quantitative estimate of drug-likeness (QED) is 0.929. The Morgan fingerprint density at radius 2 is 2.00 bits per heavy atom. The molecule has 1 aliphatic rings. The van der Waals surface area contributed by atoms with E-state index >= 15 is 0 Å². The lowest BCUT2D eigenvalue weighted by Gasteiger charge is -2.31. The number of piperidine rings is 1. The number of rotatable bonds is 4. The number of amides is 2. The van der Waals surface area contributed by atoms with Crippen LogP contribution in [0.3, 0.4) is 0 Å². The van der Waals surface area contributed by atoms with E-state index < -0.39 is 6.61 Å². The fourth-order valence-electron chi connectivity index (χ4n) is 2.44. The zero-order chi connectivity index (χ0) is 16.1. The van der Waals surface area contributed by atoms with Crippen LogP contribution in [0.4, 0.5) is 14.5 Å². The lowest BCUT2D eigenvalue weighted by Crippen LogP contribution is -2.42. The van der Waals surface area contributed by atoms with Gasteiger partial charge in [-0.1, -0.05) is 0 Å². The normalized spacial score (nSPS) is 18.2. The summed E-state index contributed by atoms with van der Waals surface area (Å²) in [7, 11) is 0. The maximum absolute atomic E-state index is 12.2. The second kappa shape index (κ2) is 7.20. The molecule has 1 aromatic rings. The molecular weight excluding hydrogens is 294 g/mol. The van der Waals surface area contributed by atoms with E-state index in [1.165, 1.54) is 31.2 Å². The molecule has 0 spiro atoms. The summed E-state index contributed by atoms with van der Waals surface area (Å²) >= 11 is 0. The third kappa shape index (κ3) is 4.41. The van der Waals surface area contributed by atoms with Gasteiger partial charge in [0.15, 0.2) is 0 Å². The van der Waals surface area contributed by atoms with E-state index in [0.29, 0.717) is 18.8 Å². The third-order valence-corrected chi connectivity index (χ3v) is 3.58. The number of carbonyl (C=O) groups excluding carboxylic acids is 2. The first kappa shape index (κ1) is 16.2. The predicted octanol–water partition coefficient (Wildman–Crippen LogP) is 2.49. The molecule has 1 aliphatic heterocycles. The minimum Gasteiger partial charge on any atom is -0.435 e. The van der Waals surface area contributed by atoms with Gasteiger partial charge in [-0.05, 0) is 37.1 Å². The van der Waals surface area contributed by atoms with Crippen LogP contribution in [0.1, 0.15) is 19.8 Å². The maximum Gasteiger partial charge on any atom is 0.387 e. The van der Waals surface area contributed by atoms with Crippen LogP contribution in [-0.2, 0) is 9.59 Å². The van der Waals surface area contributed by atoms with Gasteiger partial charge in [-0.15, -0.1) is 0 Å². The first-order chi connectivity index (χ1) is 10.5. The van der Waals surface area contributed by atoms with E-state index in [2.05, 4.69) is 10.1 Å². The number of halogens is 2. The van der Waals surface area contributed by atoms with Crippen LogP contribution in [-0.4, -0.2) is 36.4 Å². The van der Waals surface area contributed by atoms with E-state index in [-0.39, 0.29) is 23.5 Å². The summed E-state index contributed by atoms with van der Waals surface area (Å²) in [6.45, 7) is -0.297. The summed E-state index contributed by atoms with van der Waals surface area (Å²) in [5, 5.41) is 2.73. The summed E-state index contributed by atoms with van der Waals surface area (Å²) in [4.78, 5) is 25.2. The van der Waals surface area contributed by atoms with Crippen molar-refractivity contribution < 1.29 is 23.1 Å². The molecule has 7 heteroatoms. The van der Waals surface area contributed by atoms with Crippen molar-refractivity contribution in [2.45, 2.75) is 26.4 Å². The van der Waals surface area contributed by atoms with Crippen LogP contribution < -0.4 is 10.1 Å². The number of nitrogens with one attached hydrogen (secondary N) is 1. The van der Waals surface area contributed by atoms with Crippen molar-refractivity contribution in [2.24, 2.45) is 5.92 Å². The Kier molecular flexibility index (Phi) is 5.30. The van der Waals surface area contributed by atoms with Crippen molar-refractivity contribution in [3.8, 4) is 5.75 Å². The molecule has 22 heavy (non-hydrogen) atoms. The van der Waals surface area contributed by atoms with Gasteiger partial charge in [0.25, 0.3) is 0 Å². The van der Waals surface area contributed by atoms with Gasteiger partial charge in [-0.2, -0.15) is 8.78 Å². The second-order valence-electron chi connectivity index (χ2n) is 5.20. The Labute approximate surface area is 127 Å². The number of nitrogens with zero attached hydrogens (tertiary/aromatic N) is 1. The highest BCUT2D eigenvalue weighted by atomic mass is 19.3. The number of ether oxygens (including phenoxy) is 1. The number of alkyl halides is 2. The van der Waals surface area contributed by atoms with E-state index in [4.69, 9.17) is 0 Å². The van der Waals surface area contributed by atoms with Crippen LogP contribution in [0.5, 0.6) is 5.75 Å². The summed E-state index contributed by atoms with van der Waals surface area (Å²) in [6.07, 6.45) is 1.51. The van der Waals surface area contributed by atoms with Crippen molar-refractivity contribution >= 4 is 17.5 Å². The monoisotopic (exact) mass is 312 g/mol. The Morgan fingerprint density at radius 1 is 1.32 bits per heavy atom. The number of carbonyl (C=O) groups is 2. The minimum absolute atomic E-state index is 0.0356. The average molecular weight is 312 g/mol. The molecule has 1 N–H and O–H groups in total. The first-order valence-electron chi connectivity index (χ1n) is 7.07. The van der Waals surface area contributed by atoms with Gasteiger partial charge < -0.3 is 15.0 Å². The summed E-state index contributed by atoms with van der Waals surface area (Å²) in [6, 6.07) is 5.73. The molecule has 1 aromatic carbocycles. The molecule has 1 atom stereocenters. The number of hydrogen-bond donors (Lipinski definition) is 1. The molecule has 120 valence electrons. The van der Waals surface area contributed by atoms with E-state index in [1.54, 1.807) is 4.90 Å². The van der Waals surface area contributed by atoms with Crippen LogP contribution in [0.15, 0.2) is 24.3 Å². The Hall–Kier alpha value is -2.18. The van der Waals surface area contributed by atoms with E-state index in [1.807, 2.05) is 0 Å². The summed E-state index contributed by atoms with van der Waals surface area (Å²) in [5.74, 6) is -0.428. The third-order valence-electron chi connectivity index (χ3n) is 3.58.